The van der Waals surface area contributed by atoms with E-state index in [1.807, 2.05) is 49.6 Å². The maximum absolute atomic E-state index is 11.1. The van der Waals surface area contributed by atoms with Crippen molar-refractivity contribution in [1.29, 1.82) is 0 Å². The molecule has 0 aliphatic heterocycles. The first-order valence-electron chi connectivity index (χ1n) is 8.29. The topological polar surface area (TPSA) is 97.1 Å². The third kappa shape index (κ3) is 3.63. The summed E-state index contributed by atoms with van der Waals surface area (Å²) in [6.07, 6.45) is 0. The van der Waals surface area contributed by atoms with Gasteiger partial charge in [0, 0.05) is 34.9 Å². The van der Waals surface area contributed by atoms with Gasteiger partial charge in [0.2, 0.25) is 16.8 Å². The van der Waals surface area contributed by atoms with Crippen LogP contribution in [0.3, 0.4) is 0 Å². The van der Waals surface area contributed by atoms with Crippen LogP contribution in [0.5, 0.6) is 0 Å². The number of thiazole rings is 1. The average Bonchev–Trinajstić information content (AvgIpc) is 3.14. The third-order valence-corrected chi connectivity index (χ3v) is 4.60. The van der Waals surface area contributed by atoms with Crippen molar-refractivity contribution in [2.75, 3.05) is 10.6 Å². The van der Waals surface area contributed by atoms with Gasteiger partial charge in [-0.2, -0.15) is 4.98 Å². The Morgan fingerprint density at radius 3 is 2.41 bits per heavy atom. The molecular formula is C18H17N7OS. The zero-order valence-corrected chi connectivity index (χ0v) is 15.8. The molecule has 0 radical (unpaired) electrons. The zero-order chi connectivity index (χ0) is 19.0. The fraction of sp³-hybridized carbons (Fsp3) is 0.167. The molecule has 4 rings (SSSR count). The lowest BCUT2D eigenvalue weighted by Gasteiger charge is -2.04. The highest BCUT2D eigenvalue weighted by Crippen LogP contribution is 2.27. The lowest BCUT2D eigenvalue weighted by atomic mass is 10.1. The van der Waals surface area contributed by atoms with Crippen LogP contribution in [0.15, 0.2) is 35.7 Å². The van der Waals surface area contributed by atoms with Gasteiger partial charge in [-0.3, -0.25) is 10.1 Å². The molecule has 27 heavy (non-hydrogen) atoms. The van der Waals surface area contributed by atoms with E-state index < -0.39 is 0 Å². The molecule has 0 saturated heterocycles. The van der Waals surface area contributed by atoms with Crippen LogP contribution in [0.1, 0.15) is 18.3 Å². The second kappa shape index (κ2) is 6.76. The van der Waals surface area contributed by atoms with Gasteiger partial charge in [0.25, 0.3) is 5.95 Å². The quantitative estimate of drug-likeness (QED) is 0.563. The minimum Gasteiger partial charge on any atom is -0.326 e. The molecule has 2 N–H and O–H groups in total. The van der Waals surface area contributed by atoms with E-state index in [2.05, 4.69) is 30.7 Å². The minimum atomic E-state index is -0.0960. The van der Waals surface area contributed by atoms with E-state index in [4.69, 9.17) is 0 Å². The van der Waals surface area contributed by atoms with E-state index >= 15 is 0 Å². The molecule has 3 aromatic heterocycles. The molecular weight excluding hydrogens is 362 g/mol. The summed E-state index contributed by atoms with van der Waals surface area (Å²) in [6, 6.07) is 9.51. The molecule has 0 saturated carbocycles. The van der Waals surface area contributed by atoms with Crippen molar-refractivity contribution in [3.05, 3.63) is 47.1 Å². The number of carbonyl (C=O) groups is 1. The predicted octanol–water partition coefficient (Wildman–Crippen LogP) is 3.57. The van der Waals surface area contributed by atoms with Crippen molar-refractivity contribution in [2.24, 2.45) is 0 Å². The van der Waals surface area contributed by atoms with E-state index in [1.54, 1.807) is 4.52 Å². The van der Waals surface area contributed by atoms with Gasteiger partial charge in [-0.15, -0.1) is 16.4 Å². The van der Waals surface area contributed by atoms with Gasteiger partial charge in [-0.05, 0) is 32.0 Å². The van der Waals surface area contributed by atoms with Crippen LogP contribution >= 0.6 is 11.3 Å². The number of aryl methyl sites for hydroxylation is 2. The second-order valence-corrected chi connectivity index (χ2v) is 6.95. The maximum Gasteiger partial charge on any atom is 0.250 e. The normalized spacial score (nSPS) is 10.9. The Morgan fingerprint density at radius 2 is 1.74 bits per heavy atom. The highest BCUT2D eigenvalue weighted by Gasteiger charge is 2.13. The summed E-state index contributed by atoms with van der Waals surface area (Å²) in [6.45, 7) is 5.32. The lowest BCUT2D eigenvalue weighted by Crippen LogP contribution is -2.05. The van der Waals surface area contributed by atoms with Crippen LogP contribution in [0.25, 0.3) is 16.2 Å². The summed E-state index contributed by atoms with van der Waals surface area (Å²) in [7, 11) is 0. The van der Waals surface area contributed by atoms with Crippen molar-refractivity contribution < 1.29 is 4.79 Å². The number of nitrogens with one attached hydrogen (secondary N) is 2. The van der Waals surface area contributed by atoms with Gasteiger partial charge in [0.15, 0.2) is 0 Å². The number of amides is 1. The van der Waals surface area contributed by atoms with Crippen LogP contribution in [0.2, 0.25) is 0 Å². The van der Waals surface area contributed by atoms with Gasteiger partial charge in [0.05, 0.1) is 5.69 Å². The summed E-state index contributed by atoms with van der Waals surface area (Å²) in [5.41, 5.74) is 4.42. The van der Waals surface area contributed by atoms with Gasteiger partial charge < -0.3 is 5.32 Å². The van der Waals surface area contributed by atoms with Crippen LogP contribution < -0.4 is 10.6 Å². The Morgan fingerprint density at radius 1 is 1.04 bits per heavy atom. The number of hydrogen-bond donors (Lipinski definition) is 2. The number of carbonyl (C=O) groups excluding carboxylic acids is 1. The van der Waals surface area contributed by atoms with Crippen LogP contribution in [-0.2, 0) is 4.79 Å². The fourth-order valence-electron chi connectivity index (χ4n) is 2.74. The molecule has 9 heteroatoms. The molecule has 3 heterocycles. The molecule has 0 bridgehead atoms. The van der Waals surface area contributed by atoms with E-state index in [0.29, 0.717) is 11.9 Å². The van der Waals surface area contributed by atoms with Crippen molar-refractivity contribution in [1.82, 2.24) is 24.6 Å². The highest BCUT2D eigenvalue weighted by molar-refractivity contribution is 7.15. The number of benzene rings is 1. The summed E-state index contributed by atoms with van der Waals surface area (Å²) in [4.78, 5) is 25.1. The molecule has 0 atom stereocenters. The molecule has 4 aromatic rings. The summed E-state index contributed by atoms with van der Waals surface area (Å²) in [5, 5.41) is 12.4. The van der Waals surface area contributed by atoms with Crippen molar-refractivity contribution in [2.45, 2.75) is 20.8 Å². The Balaban J connectivity index is 1.63. The first-order chi connectivity index (χ1) is 13.0. The molecule has 1 aromatic carbocycles. The first-order valence-corrected chi connectivity index (χ1v) is 9.17. The van der Waals surface area contributed by atoms with E-state index in [0.717, 1.165) is 33.3 Å². The van der Waals surface area contributed by atoms with Gasteiger partial charge in [0.1, 0.15) is 0 Å². The Hall–Kier alpha value is -3.33. The standard InChI is InChI=1S/C18H17N7OS/c1-10-8-11(2)20-16(19-10)22-17-23-18-25(24-17)15(9-27-18)13-4-6-14(7-5-13)21-12(3)26/h4-9H,1-3H3,(H,21,26)(H,19,20,22,24). The fourth-order valence-corrected chi connectivity index (χ4v) is 3.57. The highest BCUT2D eigenvalue weighted by atomic mass is 32.1. The lowest BCUT2D eigenvalue weighted by molar-refractivity contribution is -0.114. The first kappa shape index (κ1) is 17.1. The number of anilines is 3. The van der Waals surface area contributed by atoms with Crippen molar-refractivity contribution in [3.63, 3.8) is 0 Å². The summed E-state index contributed by atoms with van der Waals surface area (Å²) in [5.74, 6) is 0.830. The molecule has 1 amide bonds. The van der Waals surface area contributed by atoms with Crippen molar-refractivity contribution in [3.8, 4) is 11.3 Å². The molecule has 0 spiro atoms. The van der Waals surface area contributed by atoms with E-state index in [9.17, 15) is 4.79 Å². The zero-order valence-electron chi connectivity index (χ0n) is 15.0. The molecule has 0 aliphatic rings. The summed E-state index contributed by atoms with van der Waals surface area (Å²) < 4.78 is 1.78. The Kier molecular flexibility index (Phi) is 4.28. The van der Waals surface area contributed by atoms with E-state index in [1.165, 1.54) is 18.3 Å². The smallest absolute Gasteiger partial charge is 0.250 e. The SMILES string of the molecule is CC(=O)Nc1ccc(-c2csc3nc(Nc4nc(C)cc(C)n4)nn23)cc1. The monoisotopic (exact) mass is 379 g/mol. The number of aromatic nitrogens is 5. The maximum atomic E-state index is 11.1. The minimum absolute atomic E-state index is 0.0960. The largest absolute Gasteiger partial charge is 0.326 e. The van der Waals surface area contributed by atoms with Crippen LogP contribution in [0.4, 0.5) is 17.6 Å². The Bertz CT molecular complexity index is 1110. The van der Waals surface area contributed by atoms with E-state index in [-0.39, 0.29) is 5.91 Å². The van der Waals surface area contributed by atoms with Crippen LogP contribution in [0, 0.1) is 13.8 Å². The van der Waals surface area contributed by atoms with Crippen LogP contribution in [-0.4, -0.2) is 30.5 Å². The molecule has 0 aliphatic carbocycles. The third-order valence-electron chi connectivity index (χ3n) is 3.79. The molecule has 0 unspecified atom stereocenters. The van der Waals surface area contributed by atoms with Crippen molar-refractivity contribution >= 4 is 39.8 Å². The predicted molar refractivity (Wildman–Crippen MR) is 105 cm³/mol. The summed E-state index contributed by atoms with van der Waals surface area (Å²) >= 11 is 1.50. The number of nitrogens with zero attached hydrogens (tertiary/aromatic N) is 5. The van der Waals surface area contributed by atoms with Gasteiger partial charge in [-0.1, -0.05) is 12.1 Å². The average molecular weight is 379 g/mol. The number of rotatable bonds is 4. The number of hydrogen-bond acceptors (Lipinski definition) is 7. The molecule has 0 fully saturated rings. The molecule has 136 valence electrons. The Labute approximate surface area is 159 Å². The van der Waals surface area contributed by atoms with Gasteiger partial charge >= 0.3 is 0 Å². The molecule has 8 nitrogen and oxygen atoms in total. The van der Waals surface area contributed by atoms with Gasteiger partial charge in [-0.25, -0.2) is 14.5 Å². The second-order valence-electron chi connectivity index (χ2n) is 6.11. The number of fused-ring (bicyclic) bond motifs is 1.